The van der Waals surface area contributed by atoms with Crippen LogP contribution < -0.4 is 10.9 Å². The van der Waals surface area contributed by atoms with Gasteiger partial charge in [0.1, 0.15) is 6.29 Å². The quantitative estimate of drug-likeness (QED) is 0.0736. The normalized spacial score (nSPS) is 12.6. The topological polar surface area (TPSA) is 204 Å². The van der Waals surface area contributed by atoms with Gasteiger partial charge in [0.2, 0.25) is 5.91 Å². The molecule has 53 heavy (non-hydrogen) atoms. The Labute approximate surface area is 308 Å². The summed E-state index contributed by atoms with van der Waals surface area (Å²) < 4.78 is 19.5. The van der Waals surface area contributed by atoms with Crippen LogP contribution in [0, 0.1) is 17.8 Å². The van der Waals surface area contributed by atoms with Gasteiger partial charge in [0.15, 0.2) is 24.8 Å². The lowest BCUT2D eigenvalue weighted by Gasteiger charge is -2.30. The molecular formula is C37H48N4O12. The molecule has 0 bridgehead atoms. The van der Waals surface area contributed by atoms with Gasteiger partial charge in [-0.15, -0.1) is 0 Å². The number of Topliss-reactive ketones (excluding diaryl/α,β-unsaturated/α-hetero) is 2. The summed E-state index contributed by atoms with van der Waals surface area (Å²) in [5.74, 6) is -5.57. The minimum Gasteiger partial charge on any atom is -0.457 e. The molecule has 0 aliphatic heterocycles. The molecule has 0 aromatic heterocycles. The zero-order valence-corrected chi connectivity index (χ0v) is 31.2. The molecule has 2 aromatic rings. The van der Waals surface area contributed by atoms with Crippen LogP contribution in [0.4, 0.5) is 9.59 Å². The molecule has 0 radical (unpaired) electrons. The Morgan fingerprint density at radius 3 is 1.53 bits per heavy atom. The van der Waals surface area contributed by atoms with E-state index in [2.05, 4.69) is 20.3 Å². The summed E-state index contributed by atoms with van der Waals surface area (Å²) in [7, 11) is 2.36. The Kier molecular flexibility index (Phi) is 17.3. The van der Waals surface area contributed by atoms with Crippen molar-refractivity contribution in [3.05, 3.63) is 59.7 Å². The minimum absolute atomic E-state index is 0.0187. The first-order chi connectivity index (χ1) is 25.0. The van der Waals surface area contributed by atoms with Crippen molar-refractivity contribution in [1.82, 2.24) is 20.9 Å². The van der Waals surface area contributed by atoms with Crippen molar-refractivity contribution in [3.8, 4) is 11.1 Å². The van der Waals surface area contributed by atoms with Crippen molar-refractivity contribution >= 4 is 47.9 Å². The number of esters is 2. The Balaban J connectivity index is 1.92. The number of ether oxygens (including phenoxy) is 4. The largest absolute Gasteiger partial charge is 0.457 e. The van der Waals surface area contributed by atoms with Gasteiger partial charge in [0.25, 0.3) is 0 Å². The van der Waals surface area contributed by atoms with Gasteiger partial charge in [-0.1, -0.05) is 62.4 Å². The molecule has 3 atom stereocenters. The minimum atomic E-state index is -0.899. The Bertz CT molecular complexity index is 1610. The van der Waals surface area contributed by atoms with Gasteiger partial charge >= 0.3 is 24.1 Å². The highest BCUT2D eigenvalue weighted by Crippen LogP contribution is 2.22. The molecular weight excluding hydrogens is 692 g/mol. The molecule has 0 saturated carbocycles. The van der Waals surface area contributed by atoms with Gasteiger partial charge in [-0.05, 0) is 38.8 Å². The van der Waals surface area contributed by atoms with Crippen molar-refractivity contribution < 1.29 is 57.3 Å². The lowest BCUT2D eigenvalue weighted by atomic mass is 9.95. The van der Waals surface area contributed by atoms with Crippen LogP contribution in [0.3, 0.4) is 0 Å². The number of methoxy groups -OCH3 is 2. The van der Waals surface area contributed by atoms with Crippen molar-refractivity contribution in [3.63, 3.8) is 0 Å². The van der Waals surface area contributed by atoms with E-state index >= 15 is 0 Å². The van der Waals surface area contributed by atoms with E-state index in [1.54, 1.807) is 76.2 Å². The number of ketones is 2. The van der Waals surface area contributed by atoms with E-state index in [0.29, 0.717) is 6.29 Å². The highest BCUT2D eigenvalue weighted by molar-refractivity contribution is 5.99. The van der Waals surface area contributed by atoms with Crippen LogP contribution in [-0.2, 0) is 38.1 Å². The molecule has 0 heterocycles. The lowest BCUT2D eigenvalue weighted by molar-refractivity contribution is -0.150. The number of rotatable bonds is 18. The fraction of sp³-hybridized carbons (Fsp3) is 0.459. The third kappa shape index (κ3) is 13.4. The second-order valence-electron chi connectivity index (χ2n) is 12.7. The van der Waals surface area contributed by atoms with Crippen LogP contribution in [0.5, 0.6) is 0 Å². The maximum atomic E-state index is 12.8. The number of hydrogen-bond donors (Lipinski definition) is 2. The maximum absolute atomic E-state index is 12.8. The van der Waals surface area contributed by atoms with E-state index in [4.69, 9.17) is 9.47 Å². The number of benzene rings is 2. The second-order valence-corrected chi connectivity index (χ2v) is 12.7. The average molecular weight is 741 g/mol. The number of nitrogens with zero attached hydrogens (tertiary/aromatic N) is 2. The summed E-state index contributed by atoms with van der Waals surface area (Å²) in [5, 5.41) is 2.52. The fourth-order valence-corrected chi connectivity index (χ4v) is 4.75. The highest BCUT2D eigenvalue weighted by Gasteiger charge is 2.30. The zero-order valence-electron chi connectivity index (χ0n) is 31.2. The summed E-state index contributed by atoms with van der Waals surface area (Å²) in [6.07, 6.45) is -1.22. The smallest absolute Gasteiger partial charge is 0.425 e. The summed E-state index contributed by atoms with van der Waals surface area (Å²) in [6, 6.07) is 12.4. The van der Waals surface area contributed by atoms with Crippen molar-refractivity contribution in [1.29, 1.82) is 0 Å². The summed E-state index contributed by atoms with van der Waals surface area (Å²) in [6.45, 7) is 8.85. The molecule has 2 aromatic carbocycles. The highest BCUT2D eigenvalue weighted by atomic mass is 16.6. The van der Waals surface area contributed by atoms with Gasteiger partial charge < -0.3 is 23.7 Å². The van der Waals surface area contributed by atoms with Gasteiger partial charge in [-0.2, -0.15) is 0 Å². The molecule has 0 spiro atoms. The van der Waals surface area contributed by atoms with E-state index in [0.717, 1.165) is 23.2 Å². The second kappa shape index (κ2) is 21.0. The molecule has 0 aliphatic rings. The van der Waals surface area contributed by atoms with E-state index in [1.807, 2.05) is 0 Å². The molecule has 288 valence electrons. The lowest BCUT2D eigenvalue weighted by Crippen LogP contribution is -2.50. The van der Waals surface area contributed by atoms with Crippen LogP contribution in [0.15, 0.2) is 48.5 Å². The molecule has 1 unspecified atom stereocenters. The van der Waals surface area contributed by atoms with Crippen molar-refractivity contribution in [2.75, 3.05) is 34.0 Å². The molecule has 0 aliphatic carbocycles. The van der Waals surface area contributed by atoms with Crippen LogP contribution in [0.1, 0.15) is 68.7 Å². The van der Waals surface area contributed by atoms with Gasteiger partial charge in [0.05, 0.1) is 26.1 Å². The third-order valence-electron chi connectivity index (χ3n) is 8.14. The Morgan fingerprint density at radius 1 is 0.660 bits per heavy atom. The van der Waals surface area contributed by atoms with Crippen LogP contribution in [-0.4, -0.2) is 104 Å². The fourth-order valence-electron chi connectivity index (χ4n) is 4.75. The van der Waals surface area contributed by atoms with E-state index in [9.17, 15) is 38.4 Å². The third-order valence-corrected chi connectivity index (χ3v) is 8.14. The SMILES string of the molecule is COC(=O)NN(CC(C=O)[C@@H](C)C(=O)OCC(=O)c1ccc(-c2ccc(C(=O)COC(=O)[C@H](C)CC(=O)N(NC(=O)OC)C(C)C)cc2)cc1)C(C)C. The average Bonchev–Trinajstić information content (AvgIpc) is 3.15. The summed E-state index contributed by atoms with van der Waals surface area (Å²) in [5.41, 5.74) is 6.84. The molecule has 16 nitrogen and oxygen atoms in total. The van der Waals surface area contributed by atoms with Crippen LogP contribution in [0.2, 0.25) is 0 Å². The first-order valence-electron chi connectivity index (χ1n) is 16.9. The first-order valence-corrected chi connectivity index (χ1v) is 16.9. The van der Waals surface area contributed by atoms with Gasteiger partial charge in [0, 0.05) is 42.1 Å². The van der Waals surface area contributed by atoms with Crippen LogP contribution in [0.25, 0.3) is 11.1 Å². The maximum Gasteiger partial charge on any atom is 0.425 e. The Morgan fingerprint density at radius 2 is 1.11 bits per heavy atom. The number of carbonyl (C=O) groups excluding carboxylic acids is 8. The summed E-state index contributed by atoms with van der Waals surface area (Å²) in [4.78, 5) is 98.3. The van der Waals surface area contributed by atoms with E-state index in [-0.39, 0.29) is 30.1 Å². The zero-order chi connectivity index (χ0) is 39.8. The van der Waals surface area contributed by atoms with E-state index < -0.39 is 78.6 Å². The molecule has 3 amide bonds. The molecule has 0 fully saturated rings. The molecule has 0 saturated heterocycles. The number of aldehydes is 1. The number of nitrogens with one attached hydrogen (secondary N) is 2. The monoisotopic (exact) mass is 740 g/mol. The summed E-state index contributed by atoms with van der Waals surface area (Å²) >= 11 is 0. The molecule has 16 heteroatoms. The number of hydrazine groups is 2. The predicted octanol–water partition coefficient (Wildman–Crippen LogP) is 3.77. The van der Waals surface area contributed by atoms with Gasteiger partial charge in [-0.3, -0.25) is 29.4 Å². The van der Waals surface area contributed by atoms with Crippen molar-refractivity contribution in [2.45, 2.75) is 60.0 Å². The van der Waals surface area contributed by atoms with Gasteiger partial charge in [-0.25, -0.2) is 25.0 Å². The molecule has 2 rings (SSSR count). The van der Waals surface area contributed by atoms with Crippen LogP contribution >= 0.6 is 0 Å². The first kappa shape index (κ1) is 43.5. The van der Waals surface area contributed by atoms with E-state index in [1.165, 1.54) is 26.0 Å². The Hall–Kier alpha value is -5.64. The molecule has 2 N–H and O–H groups in total. The number of hydrogen-bond acceptors (Lipinski definition) is 13. The standard InChI is InChI=1S/C37H48N4O12/c1-22(2)40(38-36(48)50-7)18-30(19-42)25(6)35(47)53-21-32(44)29-15-11-27(12-16-29)26-9-13-28(14-10-26)31(43)20-52-34(46)24(5)17-33(45)41(23(3)4)39-37(49)51-8/h9-16,19,22-25,30H,17-18,20-21H2,1-8H3,(H,38,48)(H,39,49)/t24-,25-,30?/m1/s1. The number of amides is 3. The number of carbonyl (C=O) groups is 8. The predicted molar refractivity (Wildman–Crippen MR) is 190 cm³/mol. The van der Waals surface area contributed by atoms with Crippen molar-refractivity contribution in [2.24, 2.45) is 17.8 Å².